The first-order valence-electron chi connectivity index (χ1n) is 4.85. The number of alkyl halides is 2. The summed E-state index contributed by atoms with van der Waals surface area (Å²) in [6.45, 7) is 3.76. The fourth-order valence-electron chi connectivity index (χ4n) is 1.41. The molecule has 0 bridgehead atoms. The monoisotopic (exact) mass is 248 g/mol. The van der Waals surface area contributed by atoms with Crippen molar-refractivity contribution in [2.24, 2.45) is 0 Å². The van der Waals surface area contributed by atoms with E-state index < -0.39 is 21.8 Å². The molecule has 0 heterocycles. The maximum Gasteiger partial charge on any atom is 0.265 e. The molecule has 2 nitrogen and oxygen atoms in total. The van der Waals surface area contributed by atoms with Crippen molar-refractivity contribution in [2.75, 3.05) is 6.26 Å². The van der Waals surface area contributed by atoms with Gasteiger partial charge >= 0.3 is 0 Å². The van der Waals surface area contributed by atoms with Gasteiger partial charge in [-0.25, -0.2) is 17.2 Å². The molecular formula is C11H14F2O2S. The van der Waals surface area contributed by atoms with Crippen LogP contribution in [0, 0.1) is 0 Å². The minimum Gasteiger partial charge on any atom is -0.224 e. The molecule has 0 aliphatic heterocycles. The summed E-state index contributed by atoms with van der Waals surface area (Å²) in [6, 6.07) is 4.07. The van der Waals surface area contributed by atoms with Crippen LogP contribution in [0.15, 0.2) is 23.1 Å². The topological polar surface area (TPSA) is 34.1 Å². The lowest BCUT2D eigenvalue weighted by Crippen LogP contribution is -2.04. The molecule has 0 N–H and O–H groups in total. The lowest BCUT2D eigenvalue weighted by Gasteiger charge is -2.11. The Hall–Kier alpha value is -0.970. The van der Waals surface area contributed by atoms with Gasteiger partial charge in [-0.3, -0.25) is 0 Å². The smallest absolute Gasteiger partial charge is 0.224 e. The fourth-order valence-corrected chi connectivity index (χ4v) is 2.35. The molecule has 1 aromatic rings. The van der Waals surface area contributed by atoms with Crippen LogP contribution in [0.3, 0.4) is 0 Å². The third-order valence-electron chi connectivity index (χ3n) is 2.34. The molecule has 0 radical (unpaired) electrons. The van der Waals surface area contributed by atoms with Crippen molar-refractivity contribution in [3.05, 3.63) is 29.3 Å². The van der Waals surface area contributed by atoms with E-state index in [0.717, 1.165) is 11.8 Å². The zero-order valence-electron chi connectivity index (χ0n) is 9.37. The molecule has 0 aliphatic rings. The summed E-state index contributed by atoms with van der Waals surface area (Å²) >= 11 is 0. The molecule has 0 fully saturated rings. The van der Waals surface area contributed by atoms with Crippen molar-refractivity contribution in [1.82, 2.24) is 0 Å². The predicted octanol–water partition coefficient (Wildman–Crippen LogP) is 3.15. The molecule has 0 aromatic heterocycles. The van der Waals surface area contributed by atoms with E-state index in [9.17, 15) is 17.2 Å². The third-order valence-corrected chi connectivity index (χ3v) is 3.49. The van der Waals surface area contributed by atoms with Gasteiger partial charge in [0, 0.05) is 11.8 Å². The largest absolute Gasteiger partial charge is 0.265 e. The van der Waals surface area contributed by atoms with Crippen molar-refractivity contribution in [2.45, 2.75) is 31.1 Å². The molecule has 0 unspecified atom stereocenters. The Morgan fingerprint density at radius 1 is 1.19 bits per heavy atom. The summed E-state index contributed by atoms with van der Waals surface area (Å²) in [5.41, 5.74) is 0.316. The molecule has 0 saturated carbocycles. The normalized spacial score (nSPS) is 12.4. The van der Waals surface area contributed by atoms with Crippen LogP contribution >= 0.6 is 0 Å². The lowest BCUT2D eigenvalue weighted by molar-refractivity contribution is 0.148. The van der Waals surface area contributed by atoms with Crippen LogP contribution in [0.1, 0.15) is 37.3 Å². The Bertz CT molecular complexity index is 479. The number of halogens is 2. The van der Waals surface area contributed by atoms with Gasteiger partial charge in [-0.05, 0) is 17.5 Å². The molecule has 0 amide bonds. The second-order valence-corrected chi connectivity index (χ2v) is 6.01. The summed E-state index contributed by atoms with van der Waals surface area (Å²) in [6.07, 6.45) is -1.83. The van der Waals surface area contributed by atoms with Crippen LogP contribution in [-0.2, 0) is 9.84 Å². The number of sulfone groups is 1. The first-order chi connectivity index (χ1) is 7.23. The van der Waals surface area contributed by atoms with Crippen LogP contribution < -0.4 is 0 Å². The standard InChI is InChI=1S/C11H14F2O2S/c1-7(2)8-4-5-9(11(12)13)10(6-8)16(3,14)15/h4-7,11H,1-3H3. The molecule has 90 valence electrons. The van der Waals surface area contributed by atoms with Gasteiger partial charge in [-0.15, -0.1) is 0 Å². The Kier molecular flexibility index (Phi) is 3.68. The van der Waals surface area contributed by atoms with E-state index in [-0.39, 0.29) is 10.8 Å². The minimum absolute atomic E-state index is 0.104. The SMILES string of the molecule is CC(C)c1ccc(C(F)F)c(S(C)(=O)=O)c1. The Morgan fingerprint density at radius 2 is 1.75 bits per heavy atom. The van der Waals surface area contributed by atoms with Crippen molar-refractivity contribution >= 4 is 9.84 Å². The number of rotatable bonds is 3. The van der Waals surface area contributed by atoms with E-state index in [1.807, 2.05) is 13.8 Å². The molecule has 1 aromatic carbocycles. The van der Waals surface area contributed by atoms with Crippen LogP contribution in [0.2, 0.25) is 0 Å². The number of benzene rings is 1. The van der Waals surface area contributed by atoms with Crippen LogP contribution in [-0.4, -0.2) is 14.7 Å². The summed E-state index contributed by atoms with van der Waals surface area (Å²) in [5.74, 6) is 0.104. The zero-order chi connectivity index (χ0) is 12.5. The fraction of sp³-hybridized carbons (Fsp3) is 0.455. The lowest BCUT2D eigenvalue weighted by atomic mass is 10.0. The summed E-state index contributed by atoms with van der Waals surface area (Å²) < 4.78 is 48.1. The molecule has 0 spiro atoms. The summed E-state index contributed by atoms with van der Waals surface area (Å²) in [7, 11) is -3.61. The van der Waals surface area contributed by atoms with Gasteiger partial charge in [-0.2, -0.15) is 0 Å². The first kappa shape index (κ1) is 13.1. The van der Waals surface area contributed by atoms with E-state index in [2.05, 4.69) is 0 Å². The maximum atomic E-state index is 12.6. The van der Waals surface area contributed by atoms with E-state index in [1.54, 1.807) is 6.07 Å². The first-order valence-corrected chi connectivity index (χ1v) is 6.74. The second-order valence-electron chi connectivity index (χ2n) is 4.02. The number of hydrogen-bond donors (Lipinski definition) is 0. The highest BCUT2D eigenvalue weighted by Gasteiger charge is 2.20. The van der Waals surface area contributed by atoms with E-state index >= 15 is 0 Å². The van der Waals surface area contributed by atoms with Gasteiger partial charge in [0.05, 0.1) is 4.90 Å². The van der Waals surface area contributed by atoms with Crippen molar-refractivity contribution in [1.29, 1.82) is 0 Å². The van der Waals surface area contributed by atoms with Gasteiger partial charge in [-0.1, -0.05) is 26.0 Å². The van der Waals surface area contributed by atoms with Crippen LogP contribution in [0.5, 0.6) is 0 Å². The molecule has 0 saturated heterocycles. The highest BCUT2D eigenvalue weighted by atomic mass is 32.2. The van der Waals surface area contributed by atoms with E-state index in [4.69, 9.17) is 0 Å². The van der Waals surface area contributed by atoms with Gasteiger partial charge in [0.2, 0.25) is 0 Å². The highest BCUT2D eigenvalue weighted by Crippen LogP contribution is 2.29. The molecule has 16 heavy (non-hydrogen) atoms. The minimum atomic E-state index is -3.61. The Balaban J connectivity index is 3.45. The van der Waals surface area contributed by atoms with Gasteiger partial charge in [0.25, 0.3) is 6.43 Å². The molecule has 0 atom stereocenters. The van der Waals surface area contributed by atoms with Crippen molar-refractivity contribution in [3.63, 3.8) is 0 Å². The van der Waals surface area contributed by atoms with Gasteiger partial charge in [0.15, 0.2) is 9.84 Å². The average Bonchev–Trinajstić information content (AvgIpc) is 2.15. The average molecular weight is 248 g/mol. The van der Waals surface area contributed by atoms with Crippen molar-refractivity contribution < 1.29 is 17.2 Å². The van der Waals surface area contributed by atoms with Gasteiger partial charge < -0.3 is 0 Å². The van der Waals surface area contributed by atoms with Crippen LogP contribution in [0.4, 0.5) is 8.78 Å². The van der Waals surface area contributed by atoms with Crippen LogP contribution in [0.25, 0.3) is 0 Å². The number of hydrogen-bond acceptors (Lipinski definition) is 2. The molecule has 0 aliphatic carbocycles. The Labute approximate surface area is 94.2 Å². The third kappa shape index (κ3) is 2.78. The molecular weight excluding hydrogens is 234 g/mol. The molecule has 1 rings (SSSR count). The highest BCUT2D eigenvalue weighted by molar-refractivity contribution is 7.90. The van der Waals surface area contributed by atoms with Crippen molar-refractivity contribution in [3.8, 4) is 0 Å². The van der Waals surface area contributed by atoms with E-state index in [1.165, 1.54) is 12.1 Å². The Morgan fingerprint density at radius 3 is 2.12 bits per heavy atom. The zero-order valence-corrected chi connectivity index (χ0v) is 10.2. The molecule has 5 heteroatoms. The summed E-state index contributed by atoms with van der Waals surface area (Å²) in [5, 5.41) is 0. The van der Waals surface area contributed by atoms with E-state index in [0.29, 0.717) is 0 Å². The quantitative estimate of drug-likeness (QED) is 0.823. The predicted molar refractivity (Wildman–Crippen MR) is 58.6 cm³/mol. The maximum absolute atomic E-state index is 12.6. The van der Waals surface area contributed by atoms with Gasteiger partial charge in [0.1, 0.15) is 0 Å². The summed E-state index contributed by atoms with van der Waals surface area (Å²) in [4.78, 5) is -0.270. The second kappa shape index (κ2) is 4.49.